The average molecular weight is 288 g/mol. The SMILES string of the molecule is CCOC(=O)c1ccnc(Sc2ccccc2C)c1N. The Morgan fingerprint density at radius 2 is 2.10 bits per heavy atom. The number of hydrogen-bond acceptors (Lipinski definition) is 5. The molecule has 2 rings (SSSR count). The minimum atomic E-state index is -0.418. The van der Waals surface area contributed by atoms with E-state index < -0.39 is 5.97 Å². The molecule has 104 valence electrons. The Morgan fingerprint density at radius 1 is 1.35 bits per heavy atom. The summed E-state index contributed by atoms with van der Waals surface area (Å²) in [6, 6.07) is 9.53. The maximum atomic E-state index is 11.8. The van der Waals surface area contributed by atoms with Crippen molar-refractivity contribution in [2.24, 2.45) is 0 Å². The van der Waals surface area contributed by atoms with Gasteiger partial charge in [0.2, 0.25) is 0 Å². The quantitative estimate of drug-likeness (QED) is 0.874. The van der Waals surface area contributed by atoms with Crippen LogP contribution in [-0.2, 0) is 4.74 Å². The molecule has 1 aromatic heterocycles. The lowest BCUT2D eigenvalue weighted by atomic mass is 10.2. The van der Waals surface area contributed by atoms with Crippen molar-refractivity contribution in [1.29, 1.82) is 0 Å². The fourth-order valence-electron chi connectivity index (χ4n) is 1.70. The number of rotatable bonds is 4. The van der Waals surface area contributed by atoms with Crippen LogP contribution >= 0.6 is 11.8 Å². The molecule has 2 aromatic rings. The highest BCUT2D eigenvalue weighted by molar-refractivity contribution is 7.99. The molecular formula is C15H16N2O2S. The number of anilines is 1. The van der Waals surface area contributed by atoms with Gasteiger partial charge in [0.1, 0.15) is 5.03 Å². The Hall–Kier alpha value is -2.01. The van der Waals surface area contributed by atoms with Crippen molar-refractivity contribution in [2.75, 3.05) is 12.3 Å². The van der Waals surface area contributed by atoms with Crippen molar-refractivity contribution < 1.29 is 9.53 Å². The van der Waals surface area contributed by atoms with Crippen LogP contribution in [0.15, 0.2) is 46.5 Å². The highest BCUT2D eigenvalue weighted by Gasteiger charge is 2.15. The number of nitrogens with zero attached hydrogens (tertiary/aromatic N) is 1. The molecule has 1 heterocycles. The van der Waals surface area contributed by atoms with Gasteiger partial charge in [0.05, 0.1) is 17.9 Å². The van der Waals surface area contributed by atoms with Gasteiger partial charge < -0.3 is 10.5 Å². The van der Waals surface area contributed by atoms with Gasteiger partial charge in [0, 0.05) is 11.1 Å². The molecule has 2 N–H and O–H groups in total. The zero-order chi connectivity index (χ0) is 14.5. The number of carbonyl (C=O) groups is 1. The zero-order valence-electron chi connectivity index (χ0n) is 11.4. The summed E-state index contributed by atoms with van der Waals surface area (Å²) in [5, 5.41) is 0.616. The van der Waals surface area contributed by atoms with Crippen molar-refractivity contribution in [1.82, 2.24) is 4.98 Å². The third kappa shape index (κ3) is 3.11. The molecule has 0 atom stereocenters. The van der Waals surface area contributed by atoms with E-state index in [1.807, 2.05) is 31.2 Å². The van der Waals surface area contributed by atoms with E-state index in [2.05, 4.69) is 4.98 Å². The van der Waals surface area contributed by atoms with E-state index in [4.69, 9.17) is 10.5 Å². The monoisotopic (exact) mass is 288 g/mol. The minimum Gasteiger partial charge on any atom is -0.462 e. The predicted octanol–water partition coefficient (Wildman–Crippen LogP) is 3.30. The van der Waals surface area contributed by atoms with Crippen molar-refractivity contribution in [3.8, 4) is 0 Å². The first-order valence-electron chi connectivity index (χ1n) is 6.28. The summed E-state index contributed by atoms with van der Waals surface area (Å²) in [7, 11) is 0. The Bertz CT molecular complexity index is 629. The van der Waals surface area contributed by atoms with Gasteiger partial charge >= 0.3 is 5.97 Å². The van der Waals surface area contributed by atoms with Crippen LogP contribution < -0.4 is 5.73 Å². The average Bonchev–Trinajstić information content (AvgIpc) is 2.43. The van der Waals surface area contributed by atoms with E-state index in [1.54, 1.807) is 19.2 Å². The molecular weight excluding hydrogens is 272 g/mol. The number of nitrogens with two attached hydrogens (primary N) is 1. The summed E-state index contributed by atoms with van der Waals surface area (Å²) < 4.78 is 4.98. The number of carbonyl (C=O) groups excluding carboxylic acids is 1. The molecule has 0 aliphatic rings. The van der Waals surface area contributed by atoms with Crippen LogP contribution in [0.5, 0.6) is 0 Å². The number of nitrogen functional groups attached to an aromatic ring is 1. The van der Waals surface area contributed by atoms with Crippen LogP contribution in [0.25, 0.3) is 0 Å². The predicted molar refractivity (Wildman–Crippen MR) is 79.9 cm³/mol. The Morgan fingerprint density at radius 3 is 2.80 bits per heavy atom. The van der Waals surface area contributed by atoms with Gasteiger partial charge in [-0.2, -0.15) is 0 Å². The van der Waals surface area contributed by atoms with Gasteiger partial charge in [-0.25, -0.2) is 9.78 Å². The summed E-state index contributed by atoms with van der Waals surface area (Å²) in [5.41, 5.74) is 7.89. The number of hydrogen-bond donors (Lipinski definition) is 1. The fraction of sp³-hybridized carbons (Fsp3) is 0.200. The lowest BCUT2D eigenvalue weighted by Gasteiger charge is -2.10. The summed E-state index contributed by atoms with van der Waals surface area (Å²) in [6.45, 7) is 4.10. The van der Waals surface area contributed by atoms with Crippen LogP contribution in [0.4, 0.5) is 5.69 Å². The first-order valence-corrected chi connectivity index (χ1v) is 7.10. The molecule has 0 amide bonds. The van der Waals surface area contributed by atoms with Crippen molar-refractivity contribution in [3.05, 3.63) is 47.7 Å². The highest BCUT2D eigenvalue weighted by Crippen LogP contribution is 2.33. The second kappa shape index (κ2) is 6.43. The molecule has 0 aliphatic heterocycles. The number of esters is 1. The van der Waals surface area contributed by atoms with Crippen molar-refractivity contribution in [3.63, 3.8) is 0 Å². The van der Waals surface area contributed by atoms with E-state index >= 15 is 0 Å². The number of ether oxygens (including phenoxy) is 1. The van der Waals surface area contributed by atoms with E-state index in [0.717, 1.165) is 10.5 Å². The lowest BCUT2D eigenvalue weighted by Crippen LogP contribution is -2.09. The third-order valence-electron chi connectivity index (χ3n) is 2.75. The molecule has 0 spiro atoms. The van der Waals surface area contributed by atoms with Crippen molar-refractivity contribution >= 4 is 23.4 Å². The number of aryl methyl sites for hydroxylation is 1. The first kappa shape index (κ1) is 14.4. The molecule has 4 nitrogen and oxygen atoms in total. The molecule has 0 saturated heterocycles. The van der Waals surface area contributed by atoms with Crippen LogP contribution in [0.1, 0.15) is 22.8 Å². The second-order valence-electron chi connectivity index (χ2n) is 4.17. The summed E-state index contributed by atoms with van der Waals surface area (Å²) in [5.74, 6) is -0.418. The number of pyridine rings is 1. The fourth-order valence-corrected chi connectivity index (χ4v) is 2.61. The maximum absolute atomic E-state index is 11.8. The Kier molecular flexibility index (Phi) is 4.63. The van der Waals surface area contributed by atoms with E-state index in [-0.39, 0.29) is 0 Å². The number of aromatic nitrogens is 1. The van der Waals surface area contributed by atoms with E-state index in [1.165, 1.54) is 11.8 Å². The van der Waals surface area contributed by atoms with Crippen molar-refractivity contribution in [2.45, 2.75) is 23.8 Å². The Balaban J connectivity index is 2.32. The third-order valence-corrected chi connectivity index (χ3v) is 3.95. The first-order chi connectivity index (χ1) is 9.63. The van der Waals surface area contributed by atoms with Gasteiger partial charge in [0.15, 0.2) is 0 Å². The molecule has 0 bridgehead atoms. The van der Waals surface area contributed by atoms with Gasteiger partial charge in [-0.05, 0) is 31.5 Å². The second-order valence-corrected chi connectivity index (χ2v) is 5.20. The topological polar surface area (TPSA) is 65.2 Å². The van der Waals surface area contributed by atoms with Crippen LogP contribution in [0.2, 0.25) is 0 Å². The number of benzene rings is 1. The van der Waals surface area contributed by atoms with Gasteiger partial charge in [-0.15, -0.1) is 0 Å². The largest absolute Gasteiger partial charge is 0.462 e. The summed E-state index contributed by atoms with van der Waals surface area (Å²) in [4.78, 5) is 17.1. The molecule has 1 aromatic carbocycles. The Labute approximate surface area is 122 Å². The standard InChI is InChI=1S/C15H16N2O2S/c1-3-19-15(18)11-8-9-17-14(13(11)16)20-12-7-5-4-6-10(12)2/h4-9H,3,16H2,1-2H3. The van der Waals surface area contributed by atoms with E-state index in [0.29, 0.717) is 22.9 Å². The van der Waals surface area contributed by atoms with Gasteiger partial charge in [-0.3, -0.25) is 0 Å². The highest BCUT2D eigenvalue weighted by atomic mass is 32.2. The zero-order valence-corrected chi connectivity index (χ0v) is 12.2. The molecule has 0 saturated carbocycles. The maximum Gasteiger partial charge on any atom is 0.340 e. The van der Waals surface area contributed by atoms with E-state index in [9.17, 15) is 4.79 Å². The van der Waals surface area contributed by atoms with Crippen LogP contribution in [0, 0.1) is 6.92 Å². The van der Waals surface area contributed by atoms with Crippen LogP contribution in [-0.4, -0.2) is 17.6 Å². The normalized spacial score (nSPS) is 10.3. The molecule has 0 fully saturated rings. The van der Waals surface area contributed by atoms with Crippen LogP contribution in [0.3, 0.4) is 0 Å². The minimum absolute atomic E-state index is 0.320. The summed E-state index contributed by atoms with van der Waals surface area (Å²) in [6.07, 6.45) is 1.57. The van der Waals surface area contributed by atoms with Gasteiger partial charge in [-0.1, -0.05) is 30.0 Å². The molecule has 0 aliphatic carbocycles. The molecule has 0 radical (unpaired) electrons. The summed E-state index contributed by atoms with van der Waals surface area (Å²) >= 11 is 1.45. The van der Waals surface area contributed by atoms with Gasteiger partial charge in [0.25, 0.3) is 0 Å². The smallest absolute Gasteiger partial charge is 0.340 e. The molecule has 5 heteroatoms. The lowest BCUT2D eigenvalue weighted by molar-refractivity contribution is 0.0527. The molecule has 20 heavy (non-hydrogen) atoms. The molecule has 0 unspecified atom stereocenters.